The van der Waals surface area contributed by atoms with Gasteiger partial charge in [0.25, 0.3) is 0 Å². The van der Waals surface area contributed by atoms with Gasteiger partial charge in [0.05, 0.1) is 0 Å². The quantitative estimate of drug-likeness (QED) is 0.621. The molecule has 0 aromatic heterocycles. The van der Waals surface area contributed by atoms with Crippen molar-refractivity contribution in [2.75, 3.05) is 0 Å². The zero-order valence-electron chi connectivity index (χ0n) is 14.1. The third-order valence-electron chi connectivity index (χ3n) is 5.04. The highest BCUT2D eigenvalue weighted by Crippen LogP contribution is 2.41. The third-order valence-corrected chi connectivity index (χ3v) is 5.04. The Morgan fingerprint density at radius 2 is 1.76 bits per heavy atom. The van der Waals surface area contributed by atoms with Crippen molar-refractivity contribution in [2.45, 2.75) is 60.3 Å². The van der Waals surface area contributed by atoms with E-state index in [2.05, 4.69) is 52.8 Å². The monoisotopic (exact) mass is 284 g/mol. The van der Waals surface area contributed by atoms with Crippen LogP contribution in [0.15, 0.2) is 46.6 Å². The molecule has 0 aromatic rings. The molecule has 0 atom stereocenters. The largest absolute Gasteiger partial charge is 0.298 e. The van der Waals surface area contributed by atoms with Gasteiger partial charge in [-0.3, -0.25) is 4.79 Å². The molecule has 1 heteroatoms. The van der Waals surface area contributed by atoms with Crippen molar-refractivity contribution in [3.05, 3.63) is 46.6 Å². The van der Waals surface area contributed by atoms with Gasteiger partial charge in [-0.25, -0.2) is 0 Å². The average molecular weight is 284 g/mol. The second-order valence-electron chi connectivity index (χ2n) is 7.81. The summed E-state index contributed by atoms with van der Waals surface area (Å²) < 4.78 is 0. The fourth-order valence-corrected chi connectivity index (χ4v) is 3.61. The predicted molar refractivity (Wildman–Crippen MR) is 90.1 cm³/mol. The minimum Gasteiger partial charge on any atom is -0.298 e. The smallest absolute Gasteiger partial charge is 0.146 e. The summed E-state index contributed by atoms with van der Waals surface area (Å²) in [7, 11) is 0. The molecule has 0 aromatic carbocycles. The summed E-state index contributed by atoms with van der Waals surface area (Å²) in [5.74, 6) is 0. The van der Waals surface area contributed by atoms with E-state index in [0.717, 1.165) is 18.3 Å². The van der Waals surface area contributed by atoms with Crippen LogP contribution in [-0.2, 0) is 4.79 Å². The van der Waals surface area contributed by atoms with Gasteiger partial charge in [0.1, 0.15) is 6.29 Å². The maximum atomic E-state index is 11.1. The molecule has 0 saturated heterocycles. The second kappa shape index (κ2) is 5.79. The van der Waals surface area contributed by atoms with Gasteiger partial charge >= 0.3 is 0 Å². The predicted octanol–water partition coefficient (Wildman–Crippen LogP) is 5.55. The van der Waals surface area contributed by atoms with Gasteiger partial charge in [-0.05, 0) is 60.2 Å². The molecule has 114 valence electrons. The van der Waals surface area contributed by atoms with Gasteiger partial charge in [-0.15, -0.1) is 0 Å². The van der Waals surface area contributed by atoms with Gasteiger partial charge in [0.15, 0.2) is 0 Å². The van der Waals surface area contributed by atoms with E-state index in [1.807, 2.05) is 6.08 Å². The SMILES string of the molecule is CC1=C(C=CC2=CC=C(C=O)C(C)(C)C2)C(C)(C)CCC1. The number of hydrogen-bond donors (Lipinski definition) is 0. The molecule has 0 amide bonds. The minimum atomic E-state index is -0.0539. The lowest BCUT2D eigenvalue weighted by atomic mass is 9.72. The molecule has 0 heterocycles. The molecule has 2 aliphatic carbocycles. The maximum absolute atomic E-state index is 11.1. The summed E-state index contributed by atoms with van der Waals surface area (Å²) in [6, 6.07) is 0. The molecule has 0 aliphatic heterocycles. The number of carbonyl (C=O) groups is 1. The Morgan fingerprint density at radius 3 is 2.33 bits per heavy atom. The highest BCUT2D eigenvalue weighted by Gasteiger charge is 2.28. The third kappa shape index (κ3) is 3.45. The lowest BCUT2D eigenvalue weighted by Gasteiger charge is -2.33. The van der Waals surface area contributed by atoms with Crippen molar-refractivity contribution in [3.8, 4) is 0 Å². The average Bonchev–Trinajstić information content (AvgIpc) is 2.36. The summed E-state index contributed by atoms with van der Waals surface area (Å²) in [5, 5.41) is 0. The van der Waals surface area contributed by atoms with Crippen molar-refractivity contribution >= 4 is 6.29 Å². The lowest BCUT2D eigenvalue weighted by molar-refractivity contribution is -0.105. The molecule has 0 spiro atoms. The van der Waals surface area contributed by atoms with Crippen LogP contribution in [0.3, 0.4) is 0 Å². The highest BCUT2D eigenvalue weighted by atomic mass is 16.1. The number of aldehydes is 1. The first-order chi connectivity index (χ1) is 9.76. The normalized spacial score (nSPS) is 24.8. The molecule has 1 nitrogen and oxygen atoms in total. The molecular weight excluding hydrogens is 256 g/mol. The summed E-state index contributed by atoms with van der Waals surface area (Å²) in [6.45, 7) is 11.2. The first-order valence-corrected chi connectivity index (χ1v) is 8.01. The topological polar surface area (TPSA) is 17.1 Å². The van der Waals surface area contributed by atoms with E-state index in [9.17, 15) is 4.79 Å². The molecule has 0 bridgehead atoms. The minimum absolute atomic E-state index is 0.0539. The lowest BCUT2D eigenvalue weighted by Crippen LogP contribution is -2.20. The van der Waals surface area contributed by atoms with Crippen LogP contribution in [0, 0.1) is 10.8 Å². The molecule has 0 saturated carbocycles. The summed E-state index contributed by atoms with van der Waals surface area (Å²) >= 11 is 0. The van der Waals surface area contributed by atoms with Crippen molar-refractivity contribution in [1.29, 1.82) is 0 Å². The first-order valence-electron chi connectivity index (χ1n) is 8.01. The zero-order valence-corrected chi connectivity index (χ0v) is 14.1. The molecular formula is C20H28O. The Hall–Kier alpha value is -1.37. The Bertz CT molecular complexity index is 550. The van der Waals surface area contributed by atoms with E-state index in [0.29, 0.717) is 0 Å². The van der Waals surface area contributed by atoms with Crippen LogP contribution in [0.4, 0.5) is 0 Å². The van der Waals surface area contributed by atoms with Gasteiger partial charge in [0.2, 0.25) is 0 Å². The van der Waals surface area contributed by atoms with Crippen LogP contribution in [0.1, 0.15) is 60.3 Å². The van der Waals surface area contributed by atoms with Gasteiger partial charge in [-0.1, -0.05) is 57.6 Å². The van der Waals surface area contributed by atoms with Gasteiger partial charge in [-0.2, -0.15) is 0 Å². The molecule has 0 radical (unpaired) electrons. The van der Waals surface area contributed by atoms with Crippen LogP contribution < -0.4 is 0 Å². The fraction of sp³-hybridized carbons (Fsp3) is 0.550. The Balaban J connectivity index is 2.24. The van der Waals surface area contributed by atoms with Crippen LogP contribution >= 0.6 is 0 Å². The molecule has 2 aliphatic rings. The maximum Gasteiger partial charge on any atom is 0.146 e. The number of hydrogen-bond acceptors (Lipinski definition) is 1. The van der Waals surface area contributed by atoms with Crippen LogP contribution in [0.2, 0.25) is 0 Å². The number of allylic oxidation sites excluding steroid dienone is 8. The van der Waals surface area contributed by atoms with Gasteiger partial charge in [0, 0.05) is 0 Å². The van der Waals surface area contributed by atoms with Crippen molar-refractivity contribution in [1.82, 2.24) is 0 Å². The summed E-state index contributed by atoms with van der Waals surface area (Å²) in [6.07, 6.45) is 14.4. The van der Waals surface area contributed by atoms with E-state index in [-0.39, 0.29) is 10.8 Å². The van der Waals surface area contributed by atoms with Crippen LogP contribution in [-0.4, -0.2) is 6.29 Å². The Kier molecular flexibility index (Phi) is 4.41. The number of rotatable bonds is 3. The highest BCUT2D eigenvalue weighted by molar-refractivity contribution is 5.76. The van der Waals surface area contributed by atoms with Crippen LogP contribution in [0.25, 0.3) is 0 Å². The van der Waals surface area contributed by atoms with E-state index in [1.165, 1.54) is 36.0 Å². The fourth-order valence-electron chi connectivity index (χ4n) is 3.61. The molecule has 2 rings (SSSR count). The van der Waals surface area contributed by atoms with E-state index in [4.69, 9.17) is 0 Å². The standard InChI is InChI=1S/C20H28O/c1-15-7-6-12-19(2,3)18(15)11-9-16-8-10-17(14-21)20(4,5)13-16/h8-11,14H,6-7,12-13H2,1-5H3. The molecule has 0 fully saturated rings. The Morgan fingerprint density at radius 1 is 1.05 bits per heavy atom. The Labute approximate surface area is 129 Å². The molecule has 0 N–H and O–H groups in total. The number of carbonyl (C=O) groups excluding carboxylic acids is 1. The van der Waals surface area contributed by atoms with Crippen molar-refractivity contribution in [3.63, 3.8) is 0 Å². The second-order valence-corrected chi connectivity index (χ2v) is 7.81. The molecule has 0 unspecified atom stereocenters. The zero-order chi connectivity index (χ0) is 15.7. The van der Waals surface area contributed by atoms with Crippen molar-refractivity contribution in [2.24, 2.45) is 10.8 Å². The van der Waals surface area contributed by atoms with Crippen LogP contribution in [0.5, 0.6) is 0 Å². The van der Waals surface area contributed by atoms with E-state index in [1.54, 1.807) is 0 Å². The van der Waals surface area contributed by atoms with E-state index < -0.39 is 0 Å². The molecule has 21 heavy (non-hydrogen) atoms. The van der Waals surface area contributed by atoms with Crippen molar-refractivity contribution < 1.29 is 4.79 Å². The van der Waals surface area contributed by atoms with Gasteiger partial charge < -0.3 is 0 Å². The summed E-state index contributed by atoms with van der Waals surface area (Å²) in [5.41, 5.74) is 5.47. The first kappa shape index (κ1) is 16.0. The summed E-state index contributed by atoms with van der Waals surface area (Å²) in [4.78, 5) is 11.1. The van der Waals surface area contributed by atoms with E-state index >= 15 is 0 Å².